The van der Waals surface area contributed by atoms with Crippen molar-refractivity contribution in [3.63, 3.8) is 0 Å². The highest BCUT2D eigenvalue weighted by molar-refractivity contribution is 5.95. The fourth-order valence-electron chi connectivity index (χ4n) is 3.06. The van der Waals surface area contributed by atoms with Gasteiger partial charge in [0.15, 0.2) is 6.61 Å². The van der Waals surface area contributed by atoms with Crippen LogP contribution >= 0.6 is 0 Å². The highest BCUT2D eigenvalue weighted by atomic mass is 19.1. The number of hydrogen-bond donors (Lipinski definition) is 1. The van der Waals surface area contributed by atoms with E-state index >= 15 is 0 Å². The first-order valence-corrected chi connectivity index (χ1v) is 9.35. The summed E-state index contributed by atoms with van der Waals surface area (Å²) >= 11 is 0. The molecule has 4 rings (SSSR count). The highest BCUT2D eigenvalue weighted by Gasteiger charge is 2.17. The predicted molar refractivity (Wildman–Crippen MR) is 112 cm³/mol. The molecule has 1 amide bonds. The van der Waals surface area contributed by atoms with Crippen molar-refractivity contribution < 1.29 is 18.7 Å². The number of methoxy groups -OCH3 is 1. The molecule has 0 bridgehead atoms. The van der Waals surface area contributed by atoms with Crippen LogP contribution in [-0.2, 0) is 4.79 Å². The van der Waals surface area contributed by atoms with Crippen LogP contribution in [0.15, 0.2) is 66.9 Å². The lowest BCUT2D eigenvalue weighted by molar-refractivity contribution is -0.118. The third-order valence-electron chi connectivity index (χ3n) is 4.59. The molecule has 0 atom stereocenters. The van der Waals surface area contributed by atoms with E-state index in [2.05, 4.69) is 10.3 Å². The molecule has 0 unspecified atom stereocenters. The van der Waals surface area contributed by atoms with Crippen molar-refractivity contribution in [1.29, 1.82) is 0 Å². The van der Waals surface area contributed by atoms with Crippen molar-refractivity contribution in [2.24, 2.45) is 0 Å². The summed E-state index contributed by atoms with van der Waals surface area (Å²) in [7, 11) is 1.58. The minimum absolute atomic E-state index is 0.172. The van der Waals surface area contributed by atoms with Crippen molar-refractivity contribution in [1.82, 2.24) is 9.38 Å². The number of nitrogens with one attached hydrogen (secondary N) is 1. The zero-order valence-corrected chi connectivity index (χ0v) is 16.6. The van der Waals surface area contributed by atoms with E-state index in [1.165, 1.54) is 12.1 Å². The summed E-state index contributed by atoms with van der Waals surface area (Å²) in [6.07, 6.45) is 1.84. The van der Waals surface area contributed by atoms with Gasteiger partial charge in [0.05, 0.1) is 7.11 Å². The Kier molecular flexibility index (Phi) is 5.34. The minimum atomic E-state index is -0.337. The van der Waals surface area contributed by atoms with Gasteiger partial charge in [-0.2, -0.15) is 0 Å². The van der Waals surface area contributed by atoms with Crippen molar-refractivity contribution in [2.75, 3.05) is 19.0 Å². The predicted octanol–water partition coefficient (Wildman–Crippen LogP) is 4.47. The van der Waals surface area contributed by atoms with Crippen LogP contribution in [0.4, 0.5) is 10.2 Å². The molecule has 4 aromatic rings. The quantitative estimate of drug-likeness (QED) is 0.514. The second-order valence-corrected chi connectivity index (χ2v) is 6.76. The molecule has 2 aromatic carbocycles. The van der Waals surface area contributed by atoms with E-state index < -0.39 is 0 Å². The Morgan fingerprint density at radius 1 is 1.07 bits per heavy atom. The third-order valence-corrected chi connectivity index (χ3v) is 4.59. The van der Waals surface area contributed by atoms with Gasteiger partial charge in [0.25, 0.3) is 5.91 Å². The Morgan fingerprint density at radius 2 is 1.77 bits per heavy atom. The second kappa shape index (κ2) is 8.24. The van der Waals surface area contributed by atoms with Crippen molar-refractivity contribution >= 4 is 17.4 Å². The molecule has 2 aromatic heterocycles. The van der Waals surface area contributed by atoms with Crippen LogP contribution in [0.3, 0.4) is 0 Å². The first-order chi connectivity index (χ1) is 14.5. The maximum Gasteiger partial charge on any atom is 0.263 e. The van der Waals surface area contributed by atoms with E-state index in [0.29, 0.717) is 34.2 Å². The maximum absolute atomic E-state index is 13.4. The minimum Gasteiger partial charge on any atom is -0.497 e. The first kappa shape index (κ1) is 19.4. The summed E-state index contributed by atoms with van der Waals surface area (Å²) in [6, 6.07) is 16.8. The van der Waals surface area contributed by atoms with Crippen LogP contribution in [0.25, 0.3) is 16.9 Å². The van der Waals surface area contributed by atoms with E-state index in [1.54, 1.807) is 47.9 Å². The molecule has 0 saturated heterocycles. The monoisotopic (exact) mass is 405 g/mol. The van der Waals surface area contributed by atoms with E-state index in [4.69, 9.17) is 9.47 Å². The standard InChI is InChI=1S/C23H20FN3O3/c1-15-11-12-27-20(13-15)25-22(16-3-5-17(24)6-4-16)23(27)26-21(28)14-30-19-9-7-18(29-2)8-10-19/h3-13H,14H2,1-2H3,(H,26,28). The molecular formula is C23H20FN3O3. The van der Waals surface area contributed by atoms with E-state index in [-0.39, 0.29) is 18.3 Å². The highest BCUT2D eigenvalue weighted by Crippen LogP contribution is 2.29. The first-order valence-electron chi connectivity index (χ1n) is 9.35. The Bertz CT molecular complexity index is 1190. The summed E-state index contributed by atoms with van der Waals surface area (Å²) < 4.78 is 25.8. The maximum atomic E-state index is 13.4. The zero-order chi connectivity index (χ0) is 21.1. The van der Waals surface area contributed by atoms with Crippen LogP contribution in [0.5, 0.6) is 11.5 Å². The number of ether oxygens (including phenoxy) is 2. The lowest BCUT2D eigenvalue weighted by Crippen LogP contribution is -2.21. The molecule has 1 N–H and O–H groups in total. The number of pyridine rings is 1. The Morgan fingerprint density at radius 3 is 2.47 bits per heavy atom. The lowest BCUT2D eigenvalue weighted by atomic mass is 10.1. The molecule has 30 heavy (non-hydrogen) atoms. The van der Waals surface area contributed by atoms with Gasteiger partial charge in [-0.25, -0.2) is 9.37 Å². The molecule has 0 aliphatic rings. The summed E-state index contributed by atoms with van der Waals surface area (Å²) in [4.78, 5) is 17.2. The number of carbonyl (C=O) groups excluding carboxylic acids is 1. The summed E-state index contributed by atoms with van der Waals surface area (Å²) in [5.74, 6) is 1.09. The topological polar surface area (TPSA) is 64.9 Å². The molecule has 0 aliphatic carbocycles. The number of anilines is 1. The third kappa shape index (κ3) is 4.10. The van der Waals surface area contributed by atoms with Crippen molar-refractivity contribution in [3.05, 3.63) is 78.2 Å². The number of hydrogen-bond acceptors (Lipinski definition) is 4. The molecule has 0 aliphatic heterocycles. The van der Waals surface area contributed by atoms with Gasteiger partial charge in [-0.3, -0.25) is 9.20 Å². The van der Waals surface area contributed by atoms with Gasteiger partial charge in [-0.15, -0.1) is 0 Å². The Labute approximate surface area is 172 Å². The van der Waals surface area contributed by atoms with Crippen LogP contribution in [0, 0.1) is 12.7 Å². The van der Waals surface area contributed by atoms with Gasteiger partial charge in [-0.1, -0.05) is 0 Å². The Balaban J connectivity index is 1.59. The van der Waals surface area contributed by atoms with Crippen LogP contribution in [-0.4, -0.2) is 29.0 Å². The number of fused-ring (bicyclic) bond motifs is 1. The van der Waals surface area contributed by atoms with E-state index in [0.717, 1.165) is 5.56 Å². The summed E-state index contributed by atoms with van der Waals surface area (Å²) in [6.45, 7) is 1.79. The fourth-order valence-corrected chi connectivity index (χ4v) is 3.06. The Hall–Kier alpha value is -3.87. The number of benzene rings is 2. The fraction of sp³-hybridized carbons (Fsp3) is 0.130. The largest absolute Gasteiger partial charge is 0.497 e. The molecule has 0 spiro atoms. The molecule has 0 saturated carbocycles. The van der Waals surface area contributed by atoms with Gasteiger partial charge >= 0.3 is 0 Å². The number of aryl methyl sites for hydroxylation is 1. The zero-order valence-electron chi connectivity index (χ0n) is 16.6. The molecular weight excluding hydrogens is 385 g/mol. The van der Waals surface area contributed by atoms with E-state index in [1.807, 2.05) is 25.3 Å². The average Bonchev–Trinajstić information content (AvgIpc) is 3.10. The SMILES string of the molecule is COc1ccc(OCC(=O)Nc2c(-c3ccc(F)cc3)nc3cc(C)ccn23)cc1. The number of imidazole rings is 1. The van der Waals surface area contributed by atoms with Crippen LogP contribution in [0.2, 0.25) is 0 Å². The van der Waals surface area contributed by atoms with Crippen LogP contribution in [0.1, 0.15) is 5.56 Å². The molecule has 7 heteroatoms. The normalized spacial score (nSPS) is 10.8. The van der Waals surface area contributed by atoms with Gasteiger partial charge in [0.2, 0.25) is 0 Å². The number of aromatic nitrogens is 2. The van der Waals surface area contributed by atoms with Crippen LogP contribution < -0.4 is 14.8 Å². The van der Waals surface area contributed by atoms with Gasteiger partial charge in [0.1, 0.15) is 34.5 Å². The number of rotatable bonds is 6. The number of nitrogens with zero attached hydrogens (tertiary/aromatic N) is 2. The molecule has 6 nitrogen and oxygen atoms in total. The molecule has 0 radical (unpaired) electrons. The van der Waals surface area contributed by atoms with Gasteiger partial charge in [-0.05, 0) is 73.2 Å². The number of amides is 1. The second-order valence-electron chi connectivity index (χ2n) is 6.76. The van der Waals surface area contributed by atoms with E-state index in [9.17, 15) is 9.18 Å². The molecule has 2 heterocycles. The van der Waals surface area contributed by atoms with Crippen molar-refractivity contribution in [2.45, 2.75) is 6.92 Å². The van der Waals surface area contributed by atoms with Crippen molar-refractivity contribution in [3.8, 4) is 22.8 Å². The molecule has 0 fully saturated rings. The van der Waals surface area contributed by atoms with Gasteiger partial charge in [0, 0.05) is 11.8 Å². The molecule has 152 valence electrons. The lowest BCUT2D eigenvalue weighted by Gasteiger charge is -2.10. The summed E-state index contributed by atoms with van der Waals surface area (Å²) in [5, 5.41) is 2.88. The summed E-state index contributed by atoms with van der Waals surface area (Å²) in [5.41, 5.74) is 2.97. The smallest absolute Gasteiger partial charge is 0.263 e. The van der Waals surface area contributed by atoms with Gasteiger partial charge < -0.3 is 14.8 Å². The average molecular weight is 405 g/mol. The number of halogens is 1. The number of carbonyl (C=O) groups is 1.